The molecule has 1 N–H and O–H groups in total. The van der Waals surface area contributed by atoms with E-state index >= 15 is 0 Å². The zero-order chi connectivity index (χ0) is 21.0. The Hall–Kier alpha value is -2.78. The van der Waals surface area contributed by atoms with Crippen LogP contribution in [0.5, 0.6) is 11.5 Å². The fraction of sp³-hybridized carbons (Fsp3) is 0.357. The van der Waals surface area contributed by atoms with Gasteiger partial charge in [0, 0.05) is 18.0 Å². The Balaban J connectivity index is 1.34. The lowest BCUT2D eigenvalue weighted by Gasteiger charge is -2.27. The SMILES string of the molecule is Oc1cc2c(cc1-c1ccccc1)C(c1ccc(OCCN3CCCC3)cc1)CCC2. The molecule has 1 fully saturated rings. The molecular weight excluding hydrogens is 382 g/mol. The third kappa shape index (κ3) is 4.47. The number of hydrogen-bond acceptors (Lipinski definition) is 3. The summed E-state index contributed by atoms with van der Waals surface area (Å²) in [6.07, 6.45) is 5.96. The number of likely N-dealkylation sites (tertiary alicyclic amines) is 1. The normalized spacial score (nSPS) is 18.6. The molecule has 2 aliphatic rings. The van der Waals surface area contributed by atoms with Crippen molar-refractivity contribution in [1.29, 1.82) is 0 Å². The molecule has 0 aromatic heterocycles. The van der Waals surface area contributed by atoms with Gasteiger partial charge in [-0.15, -0.1) is 0 Å². The Bertz CT molecular complexity index is 1010. The lowest BCUT2D eigenvalue weighted by Crippen LogP contribution is -2.25. The van der Waals surface area contributed by atoms with Crippen LogP contribution in [0.2, 0.25) is 0 Å². The van der Waals surface area contributed by atoms with Gasteiger partial charge in [-0.05, 0) is 91.7 Å². The van der Waals surface area contributed by atoms with Crippen molar-refractivity contribution >= 4 is 0 Å². The number of aryl methyl sites for hydroxylation is 1. The van der Waals surface area contributed by atoms with E-state index in [1.807, 2.05) is 24.3 Å². The van der Waals surface area contributed by atoms with E-state index in [1.165, 1.54) is 42.6 Å². The van der Waals surface area contributed by atoms with Gasteiger partial charge in [0.1, 0.15) is 18.1 Å². The first-order valence-electron chi connectivity index (χ1n) is 11.6. The van der Waals surface area contributed by atoms with E-state index in [2.05, 4.69) is 47.4 Å². The Morgan fingerprint density at radius 3 is 2.45 bits per heavy atom. The summed E-state index contributed by atoms with van der Waals surface area (Å²) in [6.45, 7) is 4.20. The van der Waals surface area contributed by atoms with Gasteiger partial charge in [0.15, 0.2) is 0 Å². The molecule has 0 radical (unpaired) electrons. The topological polar surface area (TPSA) is 32.7 Å². The number of phenolic OH excluding ortho intramolecular Hbond substituents is 1. The van der Waals surface area contributed by atoms with Gasteiger partial charge in [0.25, 0.3) is 0 Å². The number of phenols is 1. The molecule has 3 heteroatoms. The summed E-state index contributed by atoms with van der Waals surface area (Å²) in [6, 6.07) is 23.1. The van der Waals surface area contributed by atoms with Crippen molar-refractivity contribution in [2.24, 2.45) is 0 Å². The maximum atomic E-state index is 10.7. The summed E-state index contributed by atoms with van der Waals surface area (Å²) < 4.78 is 6.00. The molecule has 0 saturated carbocycles. The fourth-order valence-corrected chi connectivity index (χ4v) is 5.13. The van der Waals surface area contributed by atoms with Gasteiger partial charge < -0.3 is 9.84 Å². The van der Waals surface area contributed by atoms with Gasteiger partial charge in [-0.3, -0.25) is 4.90 Å². The molecule has 1 aliphatic carbocycles. The fourth-order valence-electron chi connectivity index (χ4n) is 5.13. The Morgan fingerprint density at radius 2 is 1.68 bits per heavy atom. The Kier molecular flexibility index (Phi) is 5.95. The van der Waals surface area contributed by atoms with Crippen molar-refractivity contribution in [2.75, 3.05) is 26.2 Å². The summed E-state index contributed by atoms with van der Waals surface area (Å²) in [7, 11) is 0. The van der Waals surface area contributed by atoms with Crippen LogP contribution in [0.1, 0.15) is 48.3 Å². The zero-order valence-electron chi connectivity index (χ0n) is 18.1. The van der Waals surface area contributed by atoms with E-state index in [-0.39, 0.29) is 0 Å². The van der Waals surface area contributed by atoms with E-state index in [1.54, 1.807) is 0 Å². The molecule has 1 aliphatic heterocycles. The molecule has 1 saturated heterocycles. The van der Waals surface area contributed by atoms with Crippen molar-refractivity contribution in [3.8, 4) is 22.6 Å². The lowest BCUT2D eigenvalue weighted by molar-refractivity contribution is 0.237. The molecule has 0 bridgehead atoms. The number of hydrogen-bond donors (Lipinski definition) is 1. The van der Waals surface area contributed by atoms with Crippen molar-refractivity contribution < 1.29 is 9.84 Å². The van der Waals surface area contributed by atoms with Gasteiger partial charge >= 0.3 is 0 Å². The first-order valence-corrected chi connectivity index (χ1v) is 11.6. The molecule has 0 spiro atoms. The summed E-state index contributed by atoms with van der Waals surface area (Å²) >= 11 is 0. The van der Waals surface area contributed by atoms with Crippen LogP contribution in [-0.4, -0.2) is 36.2 Å². The average Bonchev–Trinajstić information content (AvgIpc) is 3.33. The minimum absolute atomic E-state index is 0.366. The second-order valence-corrected chi connectivity index (χ2v) is 8.85. The van der Waals surface area contributed by atoms with Crippen LogP contribution in [0.15, 0.2) is 66.7 Å². The monoisotopic (exact) mass is 413 g/mol. The third-order valence-corrected chi connectivity index (χ3v) is 6.81. The van der Waals surface area contributed by atoms with Crippen LogP contribution in [0, 0.1) is 0 Å². The quantitative estimate of drug-likeness (QED) is 0.538. The summed E-state index contributed by atoms with van der Waals surface area (Å²) in [5.74, 6) is 1.70. The maximum absolute atomic E-state index is 10.7. The number of rotatable bonds is 6. The van der Waals surface area contributed by atoms with Gasteiger partial charge in [0.05, 0.1) is 0 Å². The highest BCUT2D eigenvalue weighted by atomic mass is 16.5. The first-order chi connectivity index (χ1) is 15.3. The van der Waals surface area contributed by atoms with Crippen LogP contribution >= 0.6 is 0 Å². The summed E-state index contributed by atoms with van der Waals surface area (Å²) in [5, 5.41) is 10.7. The molecule has 1 heterocycles. The van der Waals surface area contributed by atoms with Gasteiger partial charge in [-0.1, -0.05) is 42.5 Å². The highest BCUT2D eigenvalue weighted by Crippen LogP contribution is 2.42. The largest absolute Gasteiger partial charge is 0.507 e. The van der Waals surface area contributed by atoms with Crippen molar-refractivity contribution in [3.63, 3.8) is 0 Å². The van der Waals surface area contributed by atoms with Crippen molar-refractivity contribution in [2.45, 2.75) is 38.0 Å². The van der Waals surface area contributed by atoms with Crippen molar-refractivity contribution in [1.82, 2.24) is 4.90 Å². The van der Waals surface area contributed by atoms with Crippen LogP contribution < -0.4 is 4.74 Å². The van der Waals surface area contributed by atoms with Crippen LogP contribution in [-0.2, 0) is 6.42 Å². The van der Waals surface area contributed by atoms with E-state index in [0.717, 1.165) is 49.3 Å². The average molecular weight is 414 g/mol. The molecule has 1 atom stereocenters. The predicted molar refractivity (Wildman–Crippen MR) is 126 cm³/mol. The molecule has 3 nitrogen and oxygen atoms in total. The highest BCUT2D eigenvalue weighted by Gasteiger charge is 2.24. The van der Waals surface area contributed by atoms with Gasteiger partial charge in [-0.2, -0.15) is 0 Å². The zero-order valence-corrected chi connectivity index (χ0v) is 18.1. The molecule has 31 heavy (non-hydrogen) atoms. The van der Waals surface area contributed by atoms with E-state index in [0.29, 0.717) is 11.7 Å². The molecular formula is C28H31NO2. The smallest absolute Gasteiger partial charge is 0.123 e. The van der Waals surface area contributed by atoms with Crippen LogP contribution in [0.4, 0.5) is 0 Å². The maximum Gasteiger partial charge on any atom is 0.123 e. The first kappa shape index (κ1) is 20.1. The number of aromatic hydroxyl groups is 1. The van der Waals surface area contributed by atoms with E-state index < -0.39 is 0 Å². The molecule has 1 unspecified atom stereocenters. The lowest BCUT2D eigenvalue weighted by atomic mass is 9.77. The summed E-state index contributed by atoms with van der Waals surface area (Å²) in [5.41, 5.74) is 5.95. The minimum Gasteiger partial charge on any atom is -0.507 e. The van der Waals surface area contributed by atoms with Crippen LogP contribution in [0.3, 0.4) is 0 Å². The second kappa shape index (κ2) is 9.15. The number of benzene rings is 3. The van der Waals surface area contributed by atoms with E-state index in [4.69, 9.17) is 4.74 Å². The second-order valence-electron chi connectivity index (χ2n) is 8.85. The highest BCUT2D eigenvalue weighted by molar-refractivity contribution is 5.72. The minimum atomic E-state index is 0.366. The molecule has 160 valence electrons. The number of fused-ring (bicyclic) bond motifs is 1. The van der Waals surface area contributed by atoms with Gasteiger partial charge in [0.2, 0.25) is 0 Å². The third-order valence-electron chi connectivity index (χ3n) is 6.81. The van der Waals surface area contributed by atoms with Gasteiger partial charge in [-0.25, -0.2) is 0 Å². The Morgan fingerprint density at radius 1 is 0.903 bits per heavy atom. The Labute approximate surface area is 185 Å². The molecule has 0 amide bonds. The standard InChI is InChI=1S/C28H31NO2/c30-28-19-23-9-6-10-25(26(23)20-27(28)21-7-2-1-3-8-21)22-11-13-24(14-12-22)31-18-17-29-15-4-5-16-29/h1-3,7-8,11-14,19-20,25,30H,4-6,9-10,15-18H2. The predicted octanol–water partition coefficient (Wildman–Crippen LogP) is 6.00. The van der Waals surface area contributed by atoms with Crippen LogP contribution in [0.25, 0.3) is 11.1 Å². The molecule has 3 aromatic carbocycles. The summed E-state index contributed by atoms with van der Waals surface area (Å²) in [4.78, 5) is 2.48. The van der Waals surface area contributed by atoms with Crippen molar-refractivity contribution in [3.05, 3.63) is 83.4 Å². The number of nitrogens with zero attached hydrogens (tertiary/aromatic N) is 1. The number of ether oxygens (including phenoxy) is 1. The molecule has 5 rings (SSSR count). The molecule has 3 aromatic rings. The van der Waals surface area contributed by atoms with E-state index in [9.17, 15) is 5.11 Å².